The molecule has 0 aromatic heterocycles. The number of ether oxygens (including phenoxy) is 1. The van der Waals surface area contributed by atoms with E-state index in [-0.39, 0.29) is 48.4 Å². The molecule has 2 unspecified atom stereocenters. The van der Waals surface area contributed by atoms with Gasteiger partial charge in [0.05, 0.1) is 12.0 Å². The summed E-state index contributed by atoms with van der Waals surface area (Å²) in [5, 5.41) is 9.05. The molecule has 0 bridgehead atoms. The van der Waals surface area contributed by atoms with Gasteiger partial charge in [0, 0.05) is 39.3 Å². The molecule has 2 fully saturated rings. The van der Waals surface area contributed by atoms with Gasteiger partial charge in [0.25, 0.3) is 5.91 Å². The Morgan fingerprint density at radius 1 is 1.06 bits per heavy atom. The number of hydroxylamine groups is 1. The molecule has 0 aliphatic carbocycles. The third kappa shape index (κ3) is 4.78. The third-order valence-electron chi connectivity index (χ3n) is 5.80. The number of amides is 3. The molecule has 2 aliphatic rings. The molecule has 0 saturated carbocycles. The Labute approximate surface area is 182 Å². The number of nitrogens with one attached hydrogen (secondary N) is 1. The van der Waals surface area contributed by atoms with Crippen LogP contribution in [0.2, 0.25) is 0 Å². The first-order valence-corrected chi connectivity index (χ1v) is 11.8. The quantitative estimate of drug-likeness (QED) is 0.522. The Morgan fingerprint density at radius 2 is 1.68 bits per heavy atom. The molecule has 1 aromatic rings. The predicted molar refractivity (Wildman–Crippen MR) is 112 cm³/mol. The van der Waals surface area contributed by atoms with E-state index in [0.29, 0.717) is 24.9 Å². The summed E-state index contributed by atoms with van der Waals surface area (Å²) in [5.41, 5.74) is 1.21. The van der Waals surface area contributed by atoms with Gasteiger partial charge in [-0.15, -0.1) is 0 Å². The highest BCUT2D eigenvalue weighted by molar-refractivity contribution is 7.89. The van der Waals surface area contributed by atoms with Crippen LogP contribution in [0.5, 0.6) is 5.75 Å². The molecule has 2 aliphatic heterocycles. The molecule has 172 valence electrons. The van der Waals surface area contributed by atoms with Crippen LogP contribution in [0.3, 0.4) is 0 Å². The summed E-state index contributed by atoms with van der Waals surface area (Å²) in [6, 6.07) is 4.16. The standard InChI is InChI=1S/C20H30N4O6S/c1-14-11-15(2)13-23(12-14)20(26)22-7-9-24(10-8-22)31(28,29)17-6-4-5-16(30-3)18(17)19(25)21-27/h4-6,14-15,27H,7-13H2,1-3H3,(H,21,25). The zero-order valence-electron chi connectivity index (χ0n) is 18.1. The molecule has 31 heavy (non-hydrogen) atoms. The van der Waals surface area contributed by atoms with E-state index in [0.717, 1.165) is 6.42 Å². The number of urea groups is 1. The SMILES string of the molecule is COc1cccc(S(=O)(=O)N2CCN(C(=O)N3CC(C)CC(C)C3)CC2)c1C(=O)NO. The molecule has 10 nitrogen and oxygen atoms in total. The second-order valence-electron chi connectivity index (χ2n) is 8.30. The number of hydrogen-bond donors (Lipinski definition) is 2. The van der Waals surface area contributed by atoms with Crippen LogP contribution in [0, 0.1) is 11.8 Å². The summed E-state index contributed by atoms with van der Waals surface area (Å²) < 4.78 is 32.9. The fraction of sp³-hybridized carbons (Fsp3) is 0.600. The van der Waals surface area contributed by atoms with E-state index < -0.39 is 15.9 Å². The van der Waals surface area contributed by atoms with Crippen LogP contribution in [0.15, 0.2) is 23.1 Å². The van der Waals surface area contributed by atoms with Gasteiger partial charge in [-0.1, -0.05) is 19.9 Å². The zero-order chi connectivity index (χ0) is 22.8. The Bertz CT molecular complexity index is 920. The molecule has 3 amide bonds. The second kappa shape index (κ2) is 9.41. The molecular formula is C20H30N4O6S. The van der Waals surface area contributed by atoms with Crippen molar-refractivity contribution in [3.8, 4) is 5.75 Å². The molecule has 2 atom stereocenters. The van der Waals surface area contributed by atoms with Gasteiger partial charge < -0.3 is 14.5 Å². The first-order chi connectivity index (χ1) is 14.7. The average molecular weight is 455 g/mol. The molecule has 0 spiro atoms. The number of nitrogens with zero attached hydrogens (tertiary/aromatic N) is 3. The van der Waals surface area contributed by atoms with Gasteiger partial charge in [0.15, 0.2) is 0 Å². The minimum atomic E-state index is -4.04. The summed E-state index contributed by atoms with van der Waals surface area (Å²) in [7, 11) is -2.73. The van der Waals surface area contributed by atoms with Gasteiger partial charge in [-0.2, -0.15) is 4.31 Å². The predicted octanol–water partition coefficient (Wildman–Crippen LogP) is 1.22. The molecule has 2 saturated heterocycles. The lowest BCUT2D eigenvalue weighted by atomic mass is 9.92. The Balaban J connectivity index is 1.75. The normalized spacial score (nSPS) is 22.8. The van der Waals surface area contributed by atoms with Crippen molar-refractivity contribution < 1.29 is 28.0 Å². The molecule has 0 radical (unpaired) electrons. The number of methoxy groups -OCH3 is 1. The summed E-state index contributed by atoms with van der Waals surface area (Å²) in [6.45, 7) is 6.46. The summed E-state index contributed by atoms with van der Waals surface area (Å²) in [6.07, 6.45) is 1.10. The fourth-order valence-corrected chi connectivity index (χ4v) is 6.08. The summed E-state index contributed by atoms with van der Waals surface area (Å²) in [4.78, 5) is 28.3. The van der Waals surface area contributed by atoms with E-state index in [1.807, 2.05) is 4.90 Å². The van der Waals surface area contributed by atoms with Crippen molar-refractivity contribution in [1.82, 2.24) is 19.6 Å². The van der Waals surface area contributed by atoms with E-state index in [1.165, 1.54) is 35.1 Å². The van der Waals surface area contributed by atoms with Gasteiger partial charge in [-0.25, -0.2) is 18.7 Å². The minimum absolute atomic E-state index is 0.0368. The lowest BCUT2D eigenvalue weighted by Gasteiger charge is -2.41. The van der Waals surface area contributed by atoms with E-state index in [2.05, 4.69) is 13.8 Å². The largest absolute Gasteiger partial charge is 0.496 e. The van der Waals surface area contributed by atoms with Crippen LogP contribution in [-0.2, 0) is 10.0 Å². The molecule has 1 aromatic carbocycles. The highest BCUT2D eigenvalue weighted by Gasteiger charge is 2.36. The third-order valence-corrected chi connectivity index (χ3v) is 7.74. The van der Waals surface area contributed by atoms with Crippen molar-refractivity contribution in [2.45, 2.75) is 25.2 Å². The highest BCUT2D eigenvalue weighted by atomic mass is 32.2. The fourth-order valence-electron chi connectivity index (χ4n) is 4.45. The van der Waals surface area contributed by atoms with Crippen LogP contribution < -0.4 is 10.2 Å². The van der Waals surface area contributed by atoms with Crippen molar-refractivity contribution in [1.29, 1.82) is 0 Å². The molecular weight excluding hydrogens is 424 g/mol. The van der Waals surface area contributed by atoms with Crippen LogP contribution in [0.25, 0.3) is 0 Å². The number of piperidine rings is 1. The Morgan fingerprint density at radius 3 is 2.23 bits per heavy atom. The Hall–Kier alpha value is -2.37. The molecule has 3 rings (SSSR count). The minimum Gasteiger partial charge on any atom is -0.496 e. The number of benzene rings is 1. The summed E-state index contributed by atoms with van der Waals surface area (Å²) in [5.74, 6) is -0.0509. The maximum atomic E-state index is 13.3. The van der Waals surface area contributed by atoms with Crippen molar-refractivity contribution >= 4 is 22.0 Å². The van der Waals surface area contributed by atoms with Gasteiger partial charge in [0.1, 0.15) is 11.3 Å². The van der Waals surface area contributed by atoms with Gasteiger partial charge in [0.2, 0.25) is 10.0 Å². The van der Waals surface area contributed by atoms with Gasteiger partial charge in [-0.3, -0.25) is 10.0 Å². The maximum Gasteiger partial charge on any atom is 0.320 e. The van der Waals surface area contributed by atoms with Crippen molar-refractivity contribution in [2.24, 2.45) is 11.8 Å². The van der Waals surface area contributed by atoms with Crippen molar-refractivity contribution in [3.05, 3.63) is 23.8 Å². The lowest BCUT2D eigenvalue weighted by molar-refractivity contribution is 0.0699. The van der Waals surface area contributed by atoms with Crippen molar-refractivity contribution in [2.75, 3.05) is 46.4 Å². The van der Waals surface area contributed by atoms with E-state index in [9.17, 15) is 18.0 Å². The summed E-state index contributed by atoms with van der Waals surface area (Å²) >= 11 is 0. The number of sulfonamides is 1. The van der Waals surface area contributed by atoms with Crippen LogP contribution in [-0.4, -0.2) is 86.0 Å². The zero-order valence-corrected chi connectivity index (χ0v) is 18.9. The first kappa shape index (κ1) is 23.3. The number of likely N-dealkylation sites (tertiary alicyclic amines) is 1. The number of piperazine rings is 1. The number of carbonyl (C=O) groups is 2. The monoisotopic (exact) mass is 454 g/mol. The number of carbonyl (C=O) groups excluding carboxylic acids is 2. The first-order valence-electron chi connectivity index (χ1n) is 10.3. The highest BCUT2D eigenvalue weighted by Crippen LogP contribution is 2.29. The van der Waals surface area contributed by atoms with Crippen LogP contribution >= 0.6 is 0 Å². The van der Waals surface area contributed by atoms with E-state index in [1.54, 1.807) is 4.90 Å². The van der Waals surface area contributed by atoms with E-state index >= 15 is 0 Å². The number of rotatable bonds is 4. The van der Waals surface area contributed by atoms with Gasteiger partial charge >= 0.3 is 6.03 Å². The smallest absolute Gasteiger partial charge is 0.320 e. The van der Waals surface area contributed by atoms with Gasteiger partial charge in [-0.05, 0) is 30.4 Å². The van der Waals surface area contributed by atoms with Crippen LogP contribution in [0.1, 0.15) is 30.6 Å². The van der Waals surface area contributed by atoms with Crippen LogP contribution in [0.4, 0.5) is 4.79 Å². The average Bonchev–Trinajstić information content (AvgIpc) is 2.76. The topological polar surface area (TPSA) is 119 Å². The maximum absolute atomic E-state index is 13.3. The number of hydrogen-bond acceptors (Lipinski definition) is 6. The van der Waals surface area contributed by atoms with Crippen molar-refractivity contribution in [3.63, 3.8) is 0 Å². The van der Waals surface area contributed by atoms with E-state index in [4.69, 9.17) is 9.94 Å². The lowest BCUT2D eigenvalue weighted by Crippen LogP contribution is -2.56. The Kier molecular flexibility index (Phi) is 7.07. The molecule has 2 N–H and O–H groups in total. The molecule has 2 heterocycles. The second-order valence-corrected chi connectivity index (χ2v) is 10.2. The molecule has 11 heteroatoms.